The van der Waals surface area contributed by atoms with Gasteiger partial charge in [-0.3, -0.25) is 0 Å². The first-order valence-corrected chi connectivity index (χ1v) is 7.22. The average molecular weight is 290 g/mol. The zero-order chi connectivity index (χ0) is 14.4. The molecule has 0 amide bonds. The third-order valence-electron chi connectivity index (χ3n) is 3.01. The predicted molar refractivity (Wildman–Crippen MR) is 79.9 cm³/mol. The van der Waals surface area contributed by atoms with E-state index in [1.54, 1.807) is 36.4 Å². The summed E-state index contributed by atoms with van der Waals surface area (Å²) in [6.45, 7) is 0.904. The quantitative estimate of drug-likeness (QED) is 0.625. The molecule has 0 atom stereocenters. The van der Waals surface area contributed by atoms with E-state index in [9.17, 15) is 10.2 Å². The van der Waals surface area contributed by atoms with Crippen molar-refractivity contribution in [1.82, 2.24) is 0 Å². The van der Waals surface area contributed by atoms with Crippen molar-refractivity contribution >= 4 is 10.5 Å². The number of hydrogen-bond donors (Lipinski definition) is 2. The number of phenols is 2. The zero-order valence-corrected chi connectivity index (χ0v) is 13.3. The summed E-state index contributed by atoms with van der Waals surface area (Å²) in [6.07, 6.45) is -0.519. The van der Waals surface area contributed by atoms with E-state index < -0.39 is 6.10 Å². The molecule has 20 heavy (non-hydrogen) atoms. The highest BCUT2D eigenvalue weighted by Gasteiger charge is 2.20. The average Bonchev–Trinajstić information content (AvgIpc) is 2.46. The van der Waals surface area contributed by atoms with Crippen LogP contribution < -0.4 is 0 Å². The molecule has 0 radical (unpaired) electrons. The lowest BCUT2D eigenvalue weighted by atomic mass is 9.99. The monoisotopic (exact) mass is 290 g/mol. The molecule has 0 saturated heterocycles. The first-order chi connectivity index (χ1) is 9.74. The fourth-order valence-electron chi connectivity index (χ4n) is 2.01. The van der Waals surface area contributed by atoms with E-state index in [-0.39, 0.29) is 11.5 Å². The van der Waals surface area contributed by atoms with Gasteiger partial charge in [-0.25, -0.2) is 0 Å². The van der Waals surface area contributed by atoms with Crippen LogP contribution in [0.2, 0.25) is 0 Å². The van der Waals surface area contributed by atoms with Crippen molar-refractivity contribution in [2.75, 3.05) is 13.2 Å². The molecule has 2 aromatic rings. The number of benzene rings is 2. The van der Waals surface area contributed by atoms with Crippen molar-refractivity contribution in [2.45, 2.75) is 6.10 Å². The summed E-state index contributed by atoms with van der Waals surface area (Å²) in [5.74, 6) is 0.292. The SMILES string of the molecule is Oc1ccccc1C(OCCO[SiH3])c1ccccc1O. The van der Waals surface area contributed by atoms with Crippen LogP contribution in [0.15, 0.2) is 48.5 Å². The van der Waals surface area contributed by atoms with Crippen LogP contribution in [0.25, 0.3) is 0 Å². The van der Waals surface area contributed by atoms with Crippen molar-refractivity contribution in [1.29, 1.82) is 0 Å². The number of para-hydroxylation sites is 2. The molecule has 0 unspecified atom stereocenters. The van der Waals surface area contributed by atoms with Crippen LogP contribution in [-0.4, -0.2) is 33.9 Å². The Morgan fingerprint density at radius 2 is 1.35 bits per heavy atom. The first-order valence-electron chi connectivity index (χ1n) is 6.40. The maximum absolute atomic E-state index is 10.0. The van der Waals surface area contributed by atoms with Crippen LogP contribution in [0.3, 0.4) is 0 Å². The Morgan fingerprint density at radius 3 is 1.80 bits per heavy atom. The van der Waals surface area contributed by atoms with Gasteiger partial charge in [0, 0.05) is 11.1 Å². The van der Waals surface area contributed by atoms with Gasteiger partial charge in [0.15, 0.2) is 0 Å². The summed E-state index contributed by atoms with van der Waals surface area (Å²) < 4.78 is 10.9. The van der Waals surface area contributed by atoms with E-state index >= 15 is 0 Å². The third kappa shape index (κ3) is 3.39. The Balaban J connectivity index is 2.35. The van der Waals surface area contributed by atoms with Gasteiger partial charge < -0.3 is 19.4 Å². The number of hydrogen-bond acceptors (Lipinski definition) is 4. The maximum Gasteiger partial charge on any atom is 0.146 e. The van der Waals surface area contributed by atoms with Crippen molar-refractivity contribution in [3.63, 3.8) is 0 Å². The van der Waals surface area contributed by atoms with Crippen LogP contribution in [-0.2, 0) is 9.16 Å². The van der Waals surface area contributed by atoms with Crippen LogP contribution >= 0.6 is 0 Å². The predicted octanol–water partition coefficient (Wildman–Crippen LogP) is 1.50. The minimum atomic E-state index is -0.519. The topological polar surface area (TPSA) is 58.9 Å². The second kappa shape index (κ2) is 7.09. The highest BCUT2D eigenvalue weighted by atomic mass is 28.2. The lowest BCUT2D eigenvalue weighted by Gasteiger charge is -2.20. The largest absolute Gasteiger partial charge is 0.508 e. The fourth-order valence-corrected chi connectivity index (χ4v) is 2.18. The highest BCUT2D eigenvalue weighted by molar-refractivity contribution is 5.97. The smallest absolute Gasteiger partial charge is 0.146 e. The van der Waals surface area contributed by atoms with Gasteiger partial charge in [-0.05, 0) is 12.1 Å². The van der Waals surface area contributed by atoms with Gasteiger partial charge in [0.1, 0.15) is 28.1 Å². The summed E-state index contributed by atoms with van der Waals surface area (Å²) in [4.78, 5) is 0. The van der Waals surface area contributed by atoms with E-state index in [4.69, 9.17) is 9.16 Å². The van der Waals surface area contributed by atoms with E-state index in [1.807, 2.05) is 12.1 Å². The van der Waals surface area contributed by atoms with E-state index in [0.29, 0.717) is 34.8 Å². The molecule has 2 aromatic carbocycles. The molecule has 2 rings (SSSR count). The highest BCUT2D eigenvalue weighted by Crippen LogP contribution is 2.36. The van der Waals surface area contributed by atoms with Gasteiger partial charge in [0.2, 0.25) is 0 Å². The van der Waals surface area contributed by atoms with Crippen LogP contribution in [0.5, 0.6) is 11.5 Å². The Kier molecular flexibility index (Phi) is 5.17. The normalized spacial score (nSPS) is 11.1. The standard InChI is InChI=1S/C15H18O4Si/c16-13-7-3-1-5-11(13)15(18-9-10-19-20)12-6-2-4-8-14(12)17/h1-8,15-17H,9-10H2,20H3. The molecular weight excluding hydrogens is 272 g/mol. The summed E-state index contributed by atoms with van der Waals surface area (Å²) in [7, 11) is 0.657. The van der Waals surface area contributed by atoms with E-state index in [0.717, 1.165) is 0 Å². The van der Waals surface area contributed by atoms with Crippen molar-refractivity contribution in [3.8, 4) is 11.5 Å². The maximum atomic E-state index is 10.0. The fraction of sp³-hybridized carbons (Fsp3) is 0.200. The molecule has 2 N–H and O–H groups in total. The minimum absolute atomic E-state index is 0.146. The molecule has 0 bridgehead atoms. The third-order valence-corrected chi connectivity index (χ3v) is 3.42. The lowest BCUT2D eigenvalue weighted by molar-refractivity contribution is 0.0554. The molecule has 0 aliphatic carbocycles. The summed E-state index contributed by atoms with van der Waals surface area (Å²) >= 11 is 0. The van der Waals surface area contributed by atoms with Crippen molar-refractivity contribution in [3.05, 3.63) is 59.7 Å². The summed E-state index contributed by atoms with van der Waals surface area (Å²) in [6, 6.07) is 13.9. The molecule has 0 spiro atoms. The molecule has 0 aliphatic rings. The van der Waals surface area contributed by atoms with Gasteiger partial charge in [-0.2, -0.15) is 0 Å². The molecule has 106 valence electrons. The van der Waals surface area contributed by atoms with Gasteiger partial charge in [-0.1, -0.05) is 36.4 Å². The number of phenolic OH excluding ortho intramolecular Hbond substituents is 2. The number of aromatic hydroxyl groups is 2. The number of rotatable bonds is 6. The Hall–Kier alpha value is -1.82. The summed E-state index contributed by atoms with van der Waals surface area (Å²) in [5, 5.41) is 20.0. The zero-order valence-electron chi connectivity index (χ0n) is 11.3. The van der Waals surface area contributed by atoms with Gasteiger partial charge in [0.25, 0.3) is 0 Å². The Bertz CT molecular complexity index is 514. The molecule has 0 aliphatic heterocycles. The van der Waals surface area contributed by atoms with Crippen molar-refractivity contribution in [2.24, 2.45) is 0 Å². The molecular formula is C15H18O4Si. The molecule has 0 heterocycles. The molecule has 0 aromatic heterocycles. The molecule has 5 heteroatoms. The van der Waals surface area contributed by atoms with Gasteiger partial charge in [-0.15, -0.1) is 0 Å². The van der Waals surface area contributed by atoms with Crippen LogP contribution in [0.1, 0.15) is 17.2 Å². The van der Waals surface area contributed by atoms with Crippen LogP contribution in [0, 0.1) is 0 Å². The number of ether oxygens (including phenoxy) is 1. The summed E-state index contributed by atoms with van der Waals surface area (Å²) in [5.41, 5.74) is 1.25. The molecule has 0 fully saturated rings. The Morgan fingerprint density at radius 1 is 0.850 bits per heavy atom. The van der Waals surface area contributed by atoms with E-state index in [1.165, 1.54) is 0 Å². The van der Waals surface area contributed by atoms with Gasteiger partial charge in [0.05, 0.1) is 13.2 Å². The van der Waals surface area contributed by atoms with Crippen molar-refractivity contribution < 1.29 is 19.4 Å². The second-order valence-corrected chi connectivity index (χ2v) is 4.94. The molecule has 4 nitrogen and oxygen atoms in total. The van der Waals surface area contributed by atoms with Crippen LogP contribution in [0.4, 0.5) is 0 Å². The first kappa shape index (κ1) is 14.6. The van der Waals surface area contributed by atoms with Gasteiger partial charge >= 0.3 is 0 Å². The minimum Gasteiger partial charge on any atom is -0.508 e. The Labute approximate surface area is 121 Å². The second-order valence-electron chi connectivity index (χ2n) is 4.36. The van der Waals surface area contributed by atoms with E-state index in [2.05, 4.69) is 0 Å². The lowest BCUT2D eigenvalue weighted by Crippen LogP contribution is -2.11. The molecule has 0 saturated carbocycles.